The van der Waals surface area contributed by atoms with E-state index in [4.69, 9.17) is 21.1 Å². The van der Waals surface area contributed by atoms with Crippen LogP contribution in [0.3, 0.4) is 0 Å². The van der Waals surface area contributed by atoms with Gasteiger partial charge in [-0.3, -0.25) is 0 Å². The van der Waals surface area contributed by atoms with Crippen LogP contribution in [0.25, 0.3) is 0 Å². The second-order valence-electron chi connectivity index (χ2n) is 3.10. The van der Waals surface area contributed by atoms with Crippen molar-refractivity contribution in [2.45, 2.75) is 0 Å². The predicted octanol–water partition coefficient (Wildman–Crippen LogP) is 3.54. The molecule has 0 bridgehead atoms. The molecule has 1 heterocycles. The minimum atomic E-state index is 0.403. The molecule has 4 heteroatoms. The van der Waals surface area contributed by atoms with Crippen molar-refractivity contribution in [1.29, 1.82) is 0 Å². The summed E-state index contributed by atoms with van der Waals surface area (Å²) >= 11 is 5.75. The fourth-order valence-electron chi connectivity index (χ4n) is 1.25. The van der Waals surface area contributed by atoms with Crippen molar-refractivity contribution < 1.29 is 9.47 Å². The van der Waals surface area contributed by atoms with Crippen LogP contribution in [0.15, 0.2) is 42.6 Å². The summed E-state index contributed by atoms with van der Waals surface area (Å²) in [4.78, 5) is 3.88. The topological polar surface area (TPSA) is 31.4 Å². The summed E-state index contributed by atoms with van der Waals surface area (Å²) in [5.74, 6) is 2.09. The first-order chi connectivity index (χ1) is 7.78. The zero-order valence-electron chi connectivity index (χ0n) is 8.68. The third-order valence-corrected chi connectivity index (χ3v) is 2.18. The quantitative estimate of drug-likeness (QED) is 0.763. The summed E-state index contributed by atoms with van der Waals surface area (Å²) in [6.07, 6.45) is 1.60. The van der Waals surface area contributed by atoms with Gasteiger partial charge in [-0.15, -0.1) is 0 Å². The second-order valence-corrected chi connectivity index (χ2v) is 3.48. The highest BCUT2D eigenvalue weighted by Crippen LogP contribution is 2.25. The molecule has 0 unspecified atom stereocenters. The highest BCUT2D eigenvalue weighted by atomic mass is 35.5. The molecule has 0 atom stereocenters. The molecule has 0 aliphatic carbocycles. The highest BCUT2D eigenvalue weighted by Gasteiger charge is 2.00. The Morgan fingerprint density at radius 2 is 1.81 bits per heavy atom. The smallest absolute Gasteiger partial charge is 0.132 e. The highest BCUT2D eigenvalue weighted by molar-refractivity contribution is 6.29. The zero-order valence-corrected chi connectivity index (χ0v) is 9.44. The molecule has 2 rings (SSSR count). The van der Waals surface area contributed by atoms with Crippen molar-refractivity contribution >= 4 is 11.6 Å². The summed E-state index contributed by atoms with van der Waals surface area (Å²) in [7, 11) is 1.61. The molecule has 0 aliphatic heterocycles. The summed E-state index contributed by atoms with van der Waals surface area (Å²) < 4.78 is 10.7. The van der Waals surface area contributed by atoms with Crippen molar-refractivity contribution in [3.05, 3.63) is 47.7 Å². The van der Waals surface area contributed by atoms with E-state index in [2.05, 4.69) is 4.98 Å². The fraction of sp³-hybridized carbons (Fsp3) is 0.0833. The van der Waals surface area contributed by atoms with E-state index in [1.165, 1.54) is 0 Å². The SMILES string of the molecule is COc1cccc(Oc2ccnc(Cl)c2)c1. The normalized spacial score (nSPS) is 9.88. The third kappa shape index (κ3) is 2.64. The van der Waals surface area contributed by atoms with E-state index in [0.717, 1.165) is 5.75 Å². The number of benzene rings is 1. The number of nitrogens with zero attached hydrogens (tertiary/aromatic N) is 1. The number of hydrogen-bond acceptors (Lipinski definition) is 3. The average molecular weight is 236 g/mol. The Hall–Kier alpha value is -1.74. The number of rotatable bonds is 3. The van der Waals surface area contributed by atoms with Gasteiger partial charge in [-0.2, -0.15) is 0 Å². The van der Waals surface area contributed by atoms with Crippen LogP contribution in [0.1, 0.15) is 0 Å². The van der Waals surface area contributed by atoms with E-state index in [9.17, 15) is 0 Å². The lowest BCUT2D eigenvalue weighted by Gasteiger charge is -2.06. The molecule has 82 valence electrons. The molecule has 2 aromatic rings. The maximum Gasteiger partial charge on any atom is 0.132 e. The maximum atomic E-state index is 5.75. The van der Waals surface area contributed by atoms with Crippen molar-refractivity contribution in [2.75, 3.05) is 7.11 Å². The van der Waals surface area contributed by atoms with Gasteiger partial charge in [-0.05, 0) is 18.2 Å². The van der Waals surface area contributed by atoms with E-state index in [-0.39, 0.29) is 0 Å². The van der Waals surface area contributed by atoms with Crippen molar-refractivity contribution in [1.82, 2.24) is 4.98 Å². The van der Waals surface area contributed by atoms with Gasteiger partial charge in [0.15, 0.2) is 0 Å². The minimum Gasteiger partial charge on any atom is -0.497 e. The average Bonchev–Trinajstić information content (AvgIpc) is 2.29. The van der Waals surface area contributed by atoms with Crippen molar-refractivity contribution in [3.63, 3.8) is 0 Å². The molecular formula is C12H10ClNO2. The number of halogens is 1. The van der Waals surface area contributed by atoms with Gasteiger partial charge in [-0.25, -0.2) is 4.98 Å². The standard InChI is InChI=1S/C12H10ClNO2/c1-15-9-3-2-4-10(7-9)16-11-5-6-14-12(13)8-11/h2-8H,1H3. The largest absolute Gasteiger partial charge is 0.497 e. The Kier molecular flexibility index (Phi) is 3.27. The van der Waals surface area contributed by atoms with Gasteiger partial charge in [0.2, 0.25) is 0 Å². The van der Waals surface area contributed by atoms with Crippen LogP contribution >= 0.6 is 11.6 Å². The number of pyridine rings is 1. The minimum absolute atomic E-state index is 0.403. The van der Waals surface area contributed by atoms with Crippen LogP contribution in [-0.2, 0) is 0 Å². The summed E-state index contributed by atoms with van der Waals surface area (Å²) in [5.41, 5.74) is 0. The van der Waals surface area contributed by atoms with E-state index >= 15 is 0 Å². The second kappa shape index (κ2) is 4.86. The molecule has 0 spiro atoms. The van der Waals surface area contributed by atoms with Gasteiger partial charge < -0.3 is 9.47 Å². The molecule has 0 saturated heterocycles. The van der Waals surface area contributed by atoms with Gasteiger partial charge in [0.25, 0.3) is 0 Å². The predicted molar refractivity (Wildman–Crippen MR) is 62.3 cm³/mol. The van der Waals surface area contributed by atoms with Gasteiger partial charge in [0.05, 0.1) is 7.11 Å². The Bertz CT molecular complexity index is 488. The van der Waals surface area contributed by atoms with Crippen molar-refractivity contribution in [3.8, 4) is 17.2 Å². The van der Waals surface area contributed by atoms with Crippen LogP contribution < -0.4 is 9.47 Å². The lowest BCUT2D eigenvalue weighted by Crippen LogP contribution is -1.87. The number of ether oxygens (including phenoxy) is 2. The first-order valence-corrected chi connectivity index (χ1v) is 5.09. The Labute approximate surface area is 98.6 Å². The lowest BCUT2D eigenvalue weighted by atomic mass is 10.3. The van der Waals surface area contributed by atoms with Gasteiger partial charge in [-0.1, -0.05) is 17.7 Å². The lowest BCUT2D eigenvalue weighted by molar-refractivity contribution is 0.409. The van der Waals surface area contributed by atoms with E-state index in [0.29, 0.717) is 16.7 Å². The van der Waals surface area contributed by atoms with E-state index in [1.54, 1.807) is 31.5 Å². The number of aromatic nitrogens is 1. The number of methoxy groups -OCH3 is 1. The maximum absolute atomic E-state index is 5.75. The monoisotopic (exact) mass is 235 g/mol. The molecule has 16 heavy (non-hydrogen) atoms. The molecule has 0 fully saturated rings. The summed E-state index contributed by atoms with van der Waals surface area (Å²) in [6.45, 7) is 0. The molecule has 0 radical (unpaired) electrons. The van der Waals surface area contributed by atoms with Crippen LogP contribution in [0, 0.1) is 0 Å². The molecule has 0 N–H and O–H groups in total. The fourth-order valence-corrected chi connectivity index (χ4v) is 1.41. The van der Waals surface area contributed by atoms with Crippen LogP contribution in [0.5, 0.6) is 17.2 Å². The van der Waals surface area contributed by atoms with E-state index < -0.39 is 0 Å². The molecule has 3 nitrogen and oxygen atoms in total. The molecule has 0 saturated carbocycles. The Balaban J connectivity index is 2.20. The Morgan fingerprint density at radius 3 is 2.56 bits per heavy atom. The number of hydrogen-bond donors (Lipinski definition) is 0. The van der Waals surface area contributed by atoms with Crippen molar-refractivity contribution in [2.24, 2.45) is 0 Å². The first kappa shape index (κ1) is 10.8. The molecule has 0 amide bonds. The molecule has 1 aromatic carbocycles. The molecular weight excluding hydrogens is 226 g/mol. The zero-order chi connectivity index (χ0) is 11.4. The Morgan fingerprint density at radius 1 is 1.06 bits per heavy atom. The summed E-state index contributed by atoms with van der Waals surface area (Å²) in [5, 5.41) is 0.403. The van der Waals surface area contributed by atoms with Gasteiger partial charge in [0, 0.05) is 18.3 Å². The molecule has 0 aliphatic rings. The van der Waals surface area contributed by atoms with Gasteiger partial charge in [0.1, 0.15) is 22.4 Å². The third-order valence-electron chi connectivity index (χ3n) is 1.97. The molecule has 1 aromatic heterocycles. The van der Waals surface area contributed by atoms with Crippen LogP contribution in [0.4, 0.5) is 0 Å². The van der Waals surface area contributed by atoms with Gasteiger partial charge >= 0.3 is 0 Å². The van der Waals surface area contributed by atoms with Crippen LogP contribution in [0.2, 0.25) is 5.15 Å². The van der Waals surface area contributed by atoms with E-state index in [1.807, 2.05) is 18.2 Å². The summed E-state index contributed by atoms with van der Waals surface area (Å²) in [6, 6.07) is 10.8. The first-order valence-electron chi connectivity index (χ1n) is 4.71. The van der Waals surface area contributed by atoms with Crippen LogP contribution in [-0.4, -0.2) is 12.1 Å².